The van der Waals surface area contributed by atoms with Crippen molar-refractivity contribution in [3.63, 3.8) is 0 Å². The average molecular weight is 401 g/mol. The smallest absolute Gasteiger partial charge is 0.123 e. The molecule has 2 rings (SSSR count). The Labute approximate surface area is 165 Å². The first kappa shape index (κ1) is 20.2. The summed E-state index contributed by atoms with van der Waals surface area (Å²) in [7, 11) is 0. The number of anilines is 1. The zero-order valence-corrected chi connectivity index (χ0v) is 17.1. The first-order valence-electron chi connectivity index (χ1n) is 8.60. The van der Waals surface area contributed by atoms with Crippen LogP contribution in [-0.2, 0) is 0 Å². The van der Waals surface area contributed by atoms with E-state index in [2.05, 4.69) is 38.2 Å². The first-order chi connectivity index (χ1) is 12.0. The molecule has 1 N–H and O–H groups in total. The van der Waals surface area contributed by atoms with Gasteiger partial charge >= 0.3 is 0 Å². The number of hydrogen-bond donors (Lipinski definition) is 1. The third-order valence-corrected chi connectivity index (χ3v) is 5.38. The van der Waals surface area contributed by atoms with E-state index in [1.165, 1.54) is 5.56 Å². The molecule has 2 unspecified atom stereocenters. The zero-order chi connectivity index (χ0) is 18.4. The highest BCUT2D eigenvalue weighted by atomic mass is 35.5. The van der Waals surface area contributed by atoms with Crippen LogP contribution in [0.2, 0.25) is 15.1 Å². The van der Waals surface area contributed by atoms with Gasteiger partial charge in [-0.25, -0.2) is 0 Å². The van der Waals surface area contributed by atoms with Crippen LogP contribution in [0.5, 0.6) is 5.75 Å². The predicted octanol–water partition coefficient (Wildman–Crippen LogP) is 7.43. The number of halogens is 3. The van der Waals surface area contributed by atoms with Crippen LogP contribution < -0.4 is 10.1 Å². The molecule has 0 aliphatic heterocycles. The van der Waals surface area contributed by atoms with Gasteiger partial charge in [-0.15, -0.1) is 0 Å². The molecule has 0 heterocycles. The molecule has 25 heavy (non-hydrogen) atoms. The summed E-state index contributed by atoms with van der Waals surface area (Å²) in [6.07, 6.45) is 1.98. The lowest BCUT2D eigenvalue weighted by Gasteiger charge is -2.23. The van der Waals surface area contributed by atoms with E-state index in [0.717, 1.165) is 24.3 Å². The molecule has 136 valence electrons. The van der Waals surface area contributed by atoms with E-state index in [0.29, 0.717) is 27.5 Å². The van der Waals surface area contributed by atoms with Crippen LogP contribution in [0.15, 0.2) is 36.4 Å². The third kappa shape index (κ3) is 5.44. The minimum Gasteiger partial charge on any atom is -0.488 e. The summed E-state index contributed by atoms with van der Waals surface area (Å²) >= 11 is 18.3. The Morgan fingerprint density at radius 3 is 2.32 bits per heavy atom. The van der Waals surface area contributed by atoms with Crippen molar-refractivity contribution in [2.75, 3.05) is 11.9 Å². The summed E-state index contributed by atoms with van der Waals surface area (Å²) in [5.74, 6) is 1.41. The molecule has 2 aromatic carbocycles. The van der Waals surface area contributed by atoms with Gasteiger partial charge in [-0.3, -0.25) is 0 Å². The van der Waals surface area contributed by atoms with E-state index < -0.39 is 0 Å². The third-order valence-electron chi connectivity index (χ3n) is 4.34. The number of para-hydroxylation sites is 1. The maximum atomic E-state index is 6.27. The summed E-state index contributed by atoms with van der Waals surface area (Å²) in [6.45, 7) is 7.14. The Bertz CT molecular complexity index is 705. The molecule has 2 atom stereocenters. The van der Waals surface area contributed by atoms with E-state index in [1.54, 1.807) is 12.1 Å². The van der Waals surface area contributed by atoms with Gasteiger partial charge in [0.15, 0.2) is 0 Å². The van der Waals surface area contributed by atoms with Gasteiger partial charge in [0.25, 0.3) is 0 Å². The number of nitrogens with one attached hydrogen (secondary N) is 1. The van der Waals surface area contributed by atoms with Crippen molar-refractivity contribution in [3.8, 4) is 5.75 Å². The molecule has 0 radical (unpaired) electrons. The summed E-state index contributed by atoms with van der Waals surface area (Å²) in [4.78, 5) is 0. The van der Waals surface area contributed by atoms with Gasteiger partial charge in [0.2, 0.25) is 0 Å². The van der Waals surface area contributed by atoms with Crippen LogP contribution in [0.4, 0.5) is 5.69 Å². The highest BCUT2D eigenvalue weighted by Gasteiger charge is 2.15. The Morgan fingerprint density at radius 2 is 1.64 bits per heavy atom. The highest BCUT2D eigenvalue weighted by molar-refractivity contribution is 6.44. The minimum absolute atomic E-state index is 0.0238. The van der Waals surface area contributed by atoms with Crippen molar-refractivity contribution in [2.24, 2.45) is 0 Å². The number of benzene rings is 2. The Morgan fingerprint density at radius 1 is 0.960 bits per heavy atom. The maximum Gasteiger partial charge on any atom is 0.123 e. The molecular weight excluding hydrogens is 377 g/mol. The molecule has 0 saturated carbocycles. The Balaban J connectivity index is 2.08. The van der Waals surface area contributed by atoms with Gasteiger partial charge in [-0.05, 0) is 42.5 Å². The second kappa shape index (κ2) is 9.56. The van der Waals surface area contributed by atoms with Crippen molar-refractivity contribution in [2.45, 2.75) is 45.6 Å². The fourth-order valence-electron chi connectivity index (χ4n) is 2.55. The maximum absolute atomic E-state index is 6.27. The van der Waals surface area contributed by atoms with Crippen LogP contribution >= 0.6 is 34.8 Å². The van der Waals surface area contributed by atoms with Gasteiger partial charge in [-0.1, -0.05) is 73.8 Å². The summed E-state index contributed by atoms with van der Waals surface area (Å²) in [5.41, 5.74) is 2.00. The molecule has 5 heteroatoms. The molecular formula is C20H24Cl3NO. The van der Waals surface area contributed by atoms with Gasteiger partial charge in [0.1, 0.15) is 11.9 Å². The van der Waals surface area contributed by atoms with E-state index >= 15 is 0 Å². The van der Waals surface area contributed by atoms with Crippen LogP contribution in [0.1, 0.15) is 45.1 Å². The largest absolute Gasteiger partial charge is 0.488 e. The molecule has 2 aromatic rings. The quantitative estimate of drug-likeness (QED) is 0.465. The standard InChI is InChI=1S/C20H24Cl3NO/c1-4-13(3)15-8-6-7-9-20(15)25-14(5-2)12-24-19-11-17(22)16(21)10-18(19)23/h6-11,13-14,24H,4-5,12H2,1-3H3. The fourth-order valence-corrected chi connectivity index (χ4v) is 3.16. The topological polar surface area (TPSA) is 21.3 Å². The predicted molar refractivity (Wildman–Crippen MR) is 110 cm³/mol. The van der Waals surface area contributed by atoms with Gasteiger partial charge in [-0.2, -0.15) is 0 Å². The minimum atomic E-state index is 0.0238. The van der Waals surface area contributed by atoms with Crippen molar-refractivity contribution >= 4 is 40.5 Å². The SMILES string of the molecule is CCC(CNc1cc(Cl)c(Cl)cc1Cl)Oc1ccccc1C(C)CC. The second-order valence-electron chi connectivity index (χ2n) is 6.12. The molecule has 0 amide bonds. The lowest BCUT2D eigenvalue weighted by Crippen LogP contribution is -2.26. The molecule has 0 spiro atoms. The zero-order valence-electron chi connectivity index (χ0n) is 14.8. The van der Waals surface area contributed by atoms with Crippen LogP contribution in [0.3, 0.4) is 0 Å². The average Bonchev–Trinajstić information content (AvgIpc) is 2.62. The summed E-state index contributed by atoms with van der Waals surface area (Å²) in [5, 5.41) is 4.78. The van der Waals surface area contributed by atoms with Crippen molar-refractivity contribution in [3.05, 3.63) is 57.0 Å². The van der Waals surface area contributed by atoms with Crippen LogP contribution in [0, 0.1) is 0 Å². The van der Waals surface area contributed by atoms with Crippen LogP contribution in [0.25, 0.3) is 0 Å². The van der Waals surface area contributed by atoms with Gasteiger partial charge in [0, 0.05) is 0 Å². The van der Waals surface area contributed by atoms with Crippen LogP contribution in [-0.4, -0.2) is 12.6 Å². The van der Waals surface area contributed by atoms with Gasteiger partial charge in [0.05, 0.1) is 27.3 Å². The molecule has 0 aliphatic carbocycles. The lowest BCUT2D eigenvalue weighted by atomic mass is 9.98. The van der Waals surface area contributed by atoms with Gasteiger partial charge < -0.3 is 10.1 Å². The normalized spacial score (nSPS) is 13.4. The Kier molecular flexibility index (Phi) is 7.74. The fraction of sp³-hybridized carbons (Fsp3) is 0.400. The molecule has 0 fully saturated rings. The molecule has 2 nitrogen and oxygen atoms in total. The van der Waals surface area contributed by atoms with E-state index in [4.69, 9.17) is 39.5 Å². The Hall–Kier alpha value is -1.09. The van der Waals surface area contributed by atoms with Crippen molar-refractivity contribution in [1.29, 1.82) is 0 Å². The van der Waals surface area contributed by atoms with E-state index in [-0.39, 0.29) is 6.10 Å². The summed E-state index contributed by atoms with van der Waals surface area (Å²) in [6, 6.07) is 11.6. The summed E-state index contributed by atoms with van der Waals surface area (Å²) < 4.78 is 6.27. The lowest BCUT2D eigenvalue weighted by molar-refractivity contribution is 0.207. The van der Waals surface area contributed by atoms with E-state index in [9.17, 15) is 0 Å². The second-order valence-corrected chi connectivity index (χ2v) is 7.34. The first-order valence-corrected chi connectivity index (χ1v) is 9.73. The monoisotopic (exact) mass is 399 g/mol. The molecule has 0 saturated heterocycles. The number of ether oxygens (including phenoxy) is 1. The highest BCUT2D eigenvalue weighted by Crippen LogP contribution is 2.33. The van der Waals surface area contributed by atoms with E-state index in [1.807, 2.05) is 12.1 Å². The molecule has 0 aromatic heterocycles. The van der Waals surface area contributed by atoms with Crippen molar-refractivity contribution < 1.29 is 4.74 Å². The number of hydrogen-bond acceptors (Lipinski definition) is 2. The van der Waals surface area contributed by atoms with Crippen molar-refractivity contribution in [1.82, 2.24) is 0 Å². The molecule has 0 aliphatic rings. The molecule has 0 bridgehead atoms. The number of rotatable bonds is 8.